The van der Waals surface area contributed by atoms with E-state index in [2.05, 4.69) is 25.7 Å². The molecule has 1 aliphatic carbocycles. The number of methoxy groups -OCH3 is 1. The molecule has 10 heteroatoms. The largest absolute Gasteiger partial charge is 0.457 e. The summed E-state index contributed by atoms with van der Waals surface area (Å²) in [7, 11) is 1.29. The van der Waals surface area contributed by atoms with Crippen LogP contribution < -0.4 is 20.7 Å². The lowest BCUT2D eigenvalue weighted by molar-refractivity contribution is -0.131. The molecule has 3 N–H and O–H groups in total. The van der Waals surface area contributed by atoms with E-state index in [0.717, 1.165) is 5.39 Å². The fraction of sp³-hybridized carbons (Fsp3) is 0.143. The number of carbonyl (C=O) groups excluding carboxylic acids is 3. The first-order valence-electron chi connectivity index (χ1n) is 11.8. The van der Waals surface area contributed by atoms with Gasteiger partial charge in [0.2, 0.25) is 11.8 Å². The molecule has 9 nitrogen and oxygen atoms in total. The van der Waals surface area contributed by atoms with Crippen LogP contribution in [0.15, 0.2) is 79.0 Å². The Morgan fingerprint density at radius 3 is 2.03 bits per heavy atom. The summed E-state index contributed by atoms with van der Waals surface area (Å²) < 4.78 is 23.8. The summed E-state index contributed by atoms with van der Waals surface area (Å²) in [6, 6.07) is 19.1. The Kier molecular flexibility index (Phi) is 6.61. The molecule has 0 bridgehead atoms. The normalized spacial score (nSPS) is 13.3. The van der Waals surface area contributed by atoms with Gasteiger partial charge in [-0.1, -0.05) is 0 Å². The summed E-state index contributed by atoms with van der Waals surface area (Å²) in [5.74, 6) is -0.139. The number of nitrogens with one attached hydrogen (secondary N) is 3. The zero-order valence-electron chi connectivity index (χ0n) is 20.3. The fourth-order valence-corrected chi connectivity index (χ4v) is 3.91. The Morgan fingerprint density at radius 1 is 0.816 bits per heavy atom. The molecule has 38 heavy (non-hydrogen) atoms. The Morgan fingerprint density at radius 2 is 1.42 bits per heavy atom. The number of ether oxygens (including phenoxy) is 2. The second-order valence-electron chi connectivity index (χ2n) is 8.78. The Balaban J connectivity index is 1.24. The van der Waals surface area contributed by atoms with Gasteiger partial charge in [-0.25, -0.2) is 9.18 Å². The molecule has 192 valence electrons. The smallest absolute Gasteiger partial charge is 0.411 e. The summed E-state index contributed by atoms with van der Waals surface area (Å²) >= 11 is 0. The molecule has 0 unspecified atom stereocenters. The van der Waals surface area contributed by atoms with E-state index in [1.54, 1.807) is 54.7 Å². The van der Waals surface area contributed by atoms with Crippen LogP contribution in [0.2, 0.25) is 0 Å². The van der Waals surface area contributed by atoms with E-state index in [1.165, 1.54) is 31.4 Å². The van der Waals surface area contributed by atoms with Gasteiger partial charge in [-0.15, -0.1) is 0 Å². The second kappa shape index (κ2) is 10.2. The molecule has 0 saturated heterocycles. The number of amides is 3. The maximum absolute atomic E-state index is 13.1. The molecular weight excluding hydrogens is 491 g/mol. The van der Waals surface area contributed by atoms with E-state index in [-0.39, 0.29) is 0 Å². The Bertz CT molecular complexity index is 1520. The van der Waals surface area contributed by atoms with Crippen LogP contribution in [-0.2, 0) is 14.3 Å². The topological polar surface area (TPSA) is 119 Å². The summed E-state index contributed by atoms with van der Waals surface area (Å²) in [5.41, 5.74) is 0.946. The average Bonchev–Trinajstić information content (AvgIpc) is 3.73. The third kappa shape index (κ3) is 5.24. The standard InChI is InChI=1S/C28H23FN4O5/c1-37-27(36)33-20-8-11-22-23(16-20)30-15-12-24(22)38-21-9-6-19(7-10-21)32-26(35)28(13-14-28)25(34)31-18-4-2-17(29)3-5-18/h2-12,15-16H,13-14H2,1H3,(H,31,34)(H,32,35)(H,33,36). The van der Waals surface area contributed by atoms with E-state index in [9.17, 15) is 18.8 Å². The van der Waals surface area contributed by atoms with Crippen molar-refractivity contribution in [1.29, 1.82) is 0 Å². The SMILES string of the molecule is COC(=O)Nc1ccc2c(Oc3ccc(NC(=O)C4(C(=O)Nc5ccc(F)cc5)CC4)cc3)ccnc2c1. The van der Waals surface area contributed by atoms with Crippen LogP contribution in [0.3, 0.4) is 0 Å². The number of carbonyl (C=O) groups is 3. The van der Waals surface area contributed by atoms with E-state index >= 15 is 0 Å². The van der Waals surface area contributed by atoms with Crippen molar-refractivity contribution in [2.75, 3.05) is 23.1 Å². The molecule has 0 spiro atoms. The van der Waals surface area contributed by atoms with Gasteiger partial charge >= 0.3 is 6.09 Å². The molecule has 1 heterocycles. The molecule has 0 atom stereocenters. The third-order valence-corrected chi connectivity index (χ3v) is 6.20. The number of benzene rings is 3. The highest BCUT2D eigenvalue weighted by Gasteiger charge is 2.56. The summed E-state index contributed by atoms with van der Waals surface area (Å²) in [4.78, 5) is 41.5. The van der Waals surface area contributed by atoms with E-state index in [4.69, 9.17) is 4.74 Å². The van der Waals surface area contributed by atoms with Crippen molar-refractivity contribution in [3.05, 3.63) is 84.8 Å². The molecule has 4 aromatic rings. The Labute approximate surface area is 217 Å². The van der Waals surface area contributed by atoms with Crippen LogP contribution >= 0.6 is 0 Å². The highest BCUT2D eigenvalue weighted by Crippen LogP contribution is 2.47. The molecule has 0 radical (unpaired) electrons. The lowest BCUT2D eigenvalue weighted by Crippen LogP contribution is -2.35. The number of halogens is 1. The lowest BCUT2D eigenvalue weighted by atomic mass is 10.0. The van der Waals surface area contributed by atoms with Crippen molar-refractivity contribution in [3.8, 4) is 11.5 Å². The minimum atomic E-state index is -1.15. The zero-order chi connectivity index (χ0) is 26.7. The number of rotatable bonds is 7. The highest BCUT2D eigenvalue weighted by molar-refractivity contribution is 6.16. The quantitative estimate of drug-likeness (QED) is 0.272. The van der Waals surface area contributed by atoms with Crippen molar-refractivity contribution in [2.24, 2.45) is 5.41 Å². The summed E-state index contributed by atoms with van der Waals surface area (Å²) in [5, 5.41) is 8.82. The van der Waals surface area contributed by atoms with Crippen LogP contribution in [0.5, 0.6) is 11.5 Å². The number of pyridine rings is 1. The molecule has 5 rings (SSSR count). The predicted molar refractivity (Wildman–Crippen MR) is 140 cm³/mol. The summed E-state index contributed by atoms with van der Waals surface area (Å²) in [6.07, 6.45) is 1.88. The van der Waals surface area contributed by atoms with Crippen molar-refractivity contribution in [2.45, 2.75) is 12.8 Å². The highest BCUT2D eigenvalue weighted by atomic mass is 19.1. The van der Waals surface area contributed by atoms with Gasteiger partial charge in [-0.05, 0) is 85.6 Å². The monoisotopic (exact) mass is 514 g/mol. The van der Waals surface area contributed by atoms with E-state index < -0.39 is 29.1 Å². The van der Waals surface area contributed by atoms with Crippen LogP contribution in [0.25, 0.3) is 10.9 Å². The third-order valence-electron chi connectivity index (χ3n) is 6.20. The van der Waals surface area contributed by atoms with E-state index in [1.807, 2.05) is 0 Å². The van der Waals surface area contributed by atoms with Gasteiger partial charge in [-0.2, -0.15) is 0 Å². The lowest BCUT2D eigenvalue weighted by Gasteiger charge is -2.16. The predicted octanol–water partition coefficient (Wildman–Crippen LogP) is 5.70. The average molecular weight is 515 g/mol. The van der Waals surface area contributed by atoms with Gasteiger partial charge in [0.15, 0.2) is 0 Å². The molecule has 1 aliphatic rings. The maximum Gasteiger partial charge on any atom is 0.411 e. The number of hydrogen-bond acceptors (Lipinski definition) is 6. The number of nitrogens with zero attached hydrogens (tertiary/aromatic N) is 1. The van der Waals surface area contributed by atoms with Crippen LogP contribution in [-0.4, -0.2) is 30.0 Å². The first-order chi connectivity index (χ1) is 18.4. The van der Waals surface area contributed by atoms with E-state index in [0.29, 0.717) is 46.9 Å². The molecular formula is C28H23FN4O5. The first kappa shape index (κ1) is 24.7. The van der Waals surface area contributed by atoms with Gasteiger partial charge < -0.3 is 20.1 Å². The molecule has 3 amide bonds. The summed E-state index contributed by atoms with van der Waals surface area (Å²) in [6.45, 7) is 0. The molecule has 1 aromatic heterocycles. The van der Waals surface area contributed by atoms with Crippen LogP contribution in [0.4, 0.5) is 26.2 Å². The second-order valence-corrected chi connectivity index (χ2v) is 8.78. The number of aromatic nitrogens is 1. The minimum absolute atomic E-state index is 0.401. The van der Waals surface area contributed by atoms with Gasteiger partial charge in [0.05, 0.1) is 12.6 Å². The van der Waals surface area contributed by atoms with Crippen molar-refractivity contribution < 1.29 is 28.2 Å². The molecule has 3 aromatic carbocycles. The fourth-order valence-electron chi connectivity index (χ4n) is 3.91. The first-order valence-corrected chi connectivity index (χ1v) is 11.8. The number of hydrogen-bond donors (Lipinski definition) is 3. The number of fused-ring (bicyclic) bond motifs is 1. The van der Waals surface area contributed by atoms with Crippen LogP contribution in [0.1, 0.15) is 12.8 Å². The molecule has 0 aliphatic heterocycles. The molecule has 1 fully saturated rings. The minimum Gasteiger partial charge on any atom is -0.457 e. The van der Waals surface area contributed by atoms with Gasteiger partial charge in [-0.3, -0.25) is 19.9 Å². The molecule has 1 saturated carbocycles. The van der Waals surface area contributed by atoms with Crippen LogP contribution in [0, 0.1) is 11.2 Å². The van der Waals surface area contributed by atoms with Crippen molar-refractivity contribution in [3.63, 3.8) is 0 Å². The van der Waals surface area contributed by atoms with Crippen molar-refractivity contribution >= 4 is 45.9 Å². The van der Waals surface area contributed by atoms with Gasteiger partial charge in [0, 0.05) is 28.6 Å². The van der Waals surface area contributed by atoms with Gasteiger partial charge in [0.1, 0.15) is 22.7 Å². The van der Waals surface area contributed by atoms with Gasteiger partial charge in [0.25, 0.3) is 0 Å². The zero-order valence-corrected chi connectivity index (χ0v) is 20.3. The Hall–Kier alpha value is -4.99. The number of anilines is 3. The maximum atomic E-state index is 13.1. The van der Waals surface area contributed by atoms with Crippen molar-refractivity contribution in [1.82, 2.24) is 4.98 Å².